The smallest absolute Gasteiger partial charge is 0.325 e. The molecule has 1 aliphatic carbocycles. The monoisotopic (exact) mass is 389 g/mol. The largest absolute Gasteiger partial charge is 0.468 e. The molecule has 2 aromatic rings. The summed E-state index contributed by atoms with van der Waals surface area (Å²) in [6.07, 6.45) is 4.28. The fourth-order valence-electron chi connectivity index (χ4n) is 3.17. The van der Waals surface area contributed by atoms with Crippen molar-refractivity contribution < 1.29 is 14.3 Å². The molecule has 1 saturated carbocycles. The maximum Gasteiger partial charge on any atom is 0.325 e. The maximum absolute atomic E-state index is 12.8. The summed E-state index contributed by atoms with van der Waals surface area (Å²) in [7, 11) is 1.27. The normalized spacial score (nSPS) is 15.6. The summed E-state index contributed by atoms with van der Waals surface area (Å²) >= 11 is 1.18. The van der Waals surface area contributed by atoms with E-state index >= 15 is 0 Å². The Morgan fingerprint density at radius 3 is 2.74 bits per heavy atom. The highest BCUT2D eigenvalue weighted by molar-refractivity contribution is 8.00. The highest BCUT2D eigenvalue weighted by Gasteiger charge is 2.24. The van der Waals surface area contributed by atoms with E-state index in [2.05, 4.69) is 10.3 Å². The lowest BCUT2D eigenvalue weighted by Crippen LogP contribution is -2.38. The molecule has 7 nitrogen and oxygen atoms in total. The topological polar surface area (TPSA) is 90.3 Å². The van der Waals surface area contributed by atoms with E-state index in [4.69, 9.17) is 4.74 Å². The molecule has 0 radical (unpaired) electrons. The summed E-state index contributed by atoms with van der Waals surface area (Å²) in [6.45, 7) is 1.53. The Hall–Kier alpha value is -2.35. The van der Waals surface area contributed by atoms with E-state index < -0.39 is 11.2 Å². The van der Waals surface area contributed by atoms with Crippen molar-refractivity contribution in [3.8, 4) is 0 Å². The Morgan fingerprint density at radius 1 is 1.33 bits per heavy atom. The fraction of sp³-hybridized carbons (Fsp3) is 0.474. The second kappa shape index (κ2) is 8.56. The Balaban J connectivity index is 1.89. The second-order valence-corrected chi connectivity index (χ2v) is 7.94. The number of carbonyl (C=O) groups is 2. The molecule has 144 valence electrons. The number of nitrogens with zero attached hydrogens (tertiary/aromatic N) is 2. The Labute approximate surface area is 161 Å². The van der Waals surface area contributed by atoms with Gasteiger partial charge in [-0.25, -0.2) is 4.98 Å². The zero-order chi connectivity index (χ0) is 19.4. The van der Waals surface area contributed by atoms with Gasteiger partial charge in [0, 0.05) is 6.04 Å². The highest BCUT2D eigenvalue weighted by atomic mass is 32.2. The van der Waals surface area contributed by atoms with Gasteiger partial charge in [0.1, 0.15) is 6.54 Å². The van der Waals surface area contributed by atoms with Crippen LogP contribution in [0.3, 0.4) is 0 Å². The molecule has 1 aromatic carbocycles. The summed E-state index contributed by atoms with van der Waals surface area (Å²) < 4.78 is 5.98. The molecule has 0 aliphatic heterocycles. The number of hydrogen-bond donors (Lipinski definition) is 1. The van der Waals surface area contributed by atoms with Gasteiger partial charge in [0.2, 0.25) is 5.91 Å². The van der Waals surface area contributed by atoms with Gasteiger partial charge >= 0.3 is 5.97 Å². The molecule has 0 bridgehead atoms. The summed E-state index contributed by atoms with van der Waals surface area (Å²) in [5.74, 6) is -0.627. The summed E-state index contributed by atoms with van der Waals surface area (Å²) in [4.78, 5) is 41.6. The van der Waals surface area contributed by atoms with Crippen LogP contribution in [0.2, 0.25) is 0 Å². The number of aromatic nitrogens is 2. The molecule has 1 atom stereocenters. The number of ether oxygens (including phenoxy) is 1. The van der Waals surface area contributed by atoms with E-state index in [1.165, 1.54) is 23.4 Å². The van der Waals surface area contributed by atoms with Crippen molar-refractivity contribution in [2.75, 3.05) is 7.11 Å². The molecule has 0 unspecified atom stereocenters. The molecule has 1 N–H and O–H groups in total. The van der Waals surface area contributed by atoms with Gasteiger partial charge in [-0.05, 0) is 31.9 Å². The predicted octanol–water partition coefficient (Wildman–Crippen LogP) is 2.11. The van der Waals surface area contributed by atoms with Gasteiger partial charge in [-0.1, -0.05) is 36.7 Å². The molecule has 1 heterocycles. The molecule has 27 heavy (non-hydrogen) atoms. The van der Waals surface area contributed by atoms with Crippen molar-refractivity contribution in [1.82, 2.24) is 14.9 Å². The first kappa shape index (κ1) is 19.4. The predicted molar refractivity (Wildman–Crippen MR) is 104 cm³/mol. The lowest BCUT2D eigenvalue weighted by atomic mass is 10.2. The fourth-order valence-corrected chi connectivity index (χ4v) is 4.09. The van der Waals surface area contributed by atoms with Gasteiger partial charge in [-0.3, -0.25) is 19.0 Å². The lowest BCUT2D eigenvalue weighted by molar-refractivity contribution is -0.141. The number of thioether (sulfide) groups is 1. The Kier molecular flexibility index (Phi) is 6.15. The van der Waals surface area contributed by atoms with Crippen molar-refractivity contribution in [3.05, 3.63) is 34.6 Å². The van der Waals surface area contributed by atoms with Crippen molar-refractivity contribution in [1.29, 1.82) is 0 Å². The summed E-state index contributed by atoms with van der Waals surface area (Å²) in [5.41, 5.74) is 0.214. The Bertz CT molecular complexity index is 905. The van der Waals surface area contributed by atoms with Crippen molar-refractivity contribution in [3.63, 3.8) is 0 Å². The number of rotatable bonds is 6. The van der Waals surface area contributed by atoms with Crippen molar-refractivity contribution in [2.45, 2.75) is 55.6 Å². The number of benzene rings is 1. The minimum absolute atomic E-state index is 0.0843. The van der Waals surface area contributed by atoms with Gasteiger partial charge in [0.25, 0.3) is 5.56 Å². The van der Waals surface area contributed by atoms with E-state index in [1.54, 1.807) is 31.2 Å². The molecule has 1 aliphatic rings. The molecule has 8 heteroatoms. The van der Waals surface area contributed by atoms with Crippen LogP contribution in [0.25, 0.3) is 10.9 Å². The zero-order valence-electron chi connectivity index (χ0n) is 15.4. The van der Waals surface area contributed by atoms with Gasteiger partial charge in [-0.15, -0.1) is 0 Å². The number of carbonyl (C=O) groups excluding carboxylic acids is 2. The molecule has 1 fully saturated rings. The minimum atomic E-state index is -0.543. The number of methoxy groups -OCH3 is 1. The van der Waals surface area contributed by atoms with Crippen LogP contribution in [0.15, 0.2) is 34.2 Å². The van der Waals surface area contributed by atoms with E-state index in [0.717, 1.165) is 25.7 Å². The SMILES string of the molecule is COC(=O)Cn1c(S[C@@H](C)C(=O)NC2CCCC2)nc2ccccc2c1=O. The van der Waals surface area contributed by atoms with Gasteiger partial charge in [-0.2, -0.15) is 0 Å². The lowest BCUT2D eigenvalue weighted by Gasteiger charge is -2.18. The quantitative estimate of drug-likeness (QED) is 0.462. The third-order valence-corrected chi connectivity index (χ3v) is 5.78. The van der Waals surface area contributed by atoms with E-state index in [-0.39, 0.29) is 24.1 Å². The zero-order valence-corrected chi connectivity index (χ0v) is 16.3. The molecular formula is C19H23N3O4S. The standard InChI is InChI=1S/C19H23N3O4S/c1-12(17(24)20-13-7-3-4-8-13)27-19-21-15-10-6-5-9-14(15)18(25)22(19)11-16(23)26-2/h5-6,9-10,12-13H,3-4,7-8,11H2,1-2H3,(H,20,24)/t12-/m0/s1. The van der Waals surface area contributed by atoms with Crippen molar-refractivity contribution in [2.24, 2.45) is 0 Å². The van der Waals surface area contributed by atoms with Gasteiger partial charge < -0.3 is 10.1 Å². The van der Waals surface area contributed by atoms with Crippen molar-refractivity contribution >= 4 is 34.5 Å². The van der Waals surface area contributed by atoms with E-state index in [0.29, 0.717) is 16.1 Å². The molecule has 3 rings (SSSR count). The second-order valence-electron chi connectivity index (χ2n) is 6.63. The third kappa shape index (κ3) is 4.50. The Morgan fingerprint density at radius 2 is 2.04 bits per heavy atom. The molecule has 1 amide bonds. The van der Waals surface area contributed by atoms with Crippen LogP contribution in [0.4, 0.5) is 0 Å². The van der Waals surface area contributed by atoms with Crippen LogP contribution in [0.5, 0.6) is 0 Å². The van der Waals surface area contributed by atoms with Crippen LogP contribution >= 0.6 is 11.8 Å². The first-order chi connectivity index (χ1) is 13.0. The average molecular weight is 389 g/mol. The van der Waals surface area contributed by atoms with E-state index in [9.17, 15) is 14.4 Å². The van der Waals surface area contributed by atoms with Crippen LogP contribution in [0, 0.1) is 0 Å². The number of amides is 1. The van der Waals surface area contributed by atoms with Crippen LogP contribution in [0.1, 0.15) is 32.6 Å². The van der Waals surface area contributed by atoms with Gasteiger partial charge in [0.15, 0.2) is 5.16 Å². The maximum atomic E-state index is 12.8. The minimum Gasteiger partial charge on any atom is -0.468 e. The number of para-hydroxylation sites is 1. The highest BCUT2D eigenvalue weighted by Crippen LogP contribution is 2.24. The summed E-state index contributed by atoms with van der Waals surface area (Å²) in [6, 6.07) is 7.18. The molecule has 1 aromatic heterocycles. The molecule has 0 saturated heterocycles. The van der Waals surface area contributed by atoms with E-state index in [1.807, 2.05) is 0 Å². The first-order valence-corrected chi connectivity index (χ1v) is 9.91. The van der Waals surface area contributed by atoms with Gasteiger partial charge in [0.05, 0.1) is 23.3 Å². The number of nitrogens with one attached hydrogen (secondary N) is 1. The summed E-state index contributed by atoms with van der Waals surface area (Å²) in [5, 5.41) is 3.37. The average Bonchev–Trinajstić information content (AvgIpc) is 3.17. The number of hydrogen-bond acceptors (Lipinski definition) is 6. The number of esters is 1. The molecule has 0 spiro atoms. The van der Waals surface area contributed by atoms with Crippen LogP contribution in [-0.2, 0) is 20.9 Å². The number of fused-ring (bicyclic) bond motifs is 1. The van der Waals surface area contributed by atoms with Crippen LogP contribution < -0.4 is 10.9 Å². The third-order valence-electron chi connectivity index (χ3n) is 4.69. The molecular weight excluding hydrogens is 366 g/mol. The van der Waals surface area contributed by atoms with Crippen LogP contribution in [-0.4, -0.2) is 39.8 Å². The first-order valence-electron chi connectivity index (χ1n) is 9.03.